The van der Waals surface area contributed by atoms with E-state index in [2.05, 4.69) is 11.9 Å². The summed E-state index contributed by atoms with van der Waals surface area (Å²) in [4.78, 5) is 22.5. The minimum absolute atomic E-state index is 0.0895. The van der Waals surface area contributed by atoms with Gasteiger partial charge in [-0.2, -0.15) is 0 Å². The van der Waals surface area contributed by atoms with Gasteiger partial charge in [0.15, 0.2) is 0 Å². The number of carboxylic acid groups (broad SMARTS) is 1. The van der Waals surface area contributed by atoms with Crippen molar-refractivity contribution < 1.29 is 24.2 Å². The first-order valence-electron chi connectivity index (χ1n) is 6.05. The highest BCUT2D eigenvalue weighted by molar-refractivity contribution is 5.90. The smallest absolute Gasteiger partial charge is 0.411 e. The summed E-state index contributed by atoms with van der Waals surface area (Å²) in [6, 6.07) is 1.38. The van der Waals surface area contributed by atoms with Crippen molar-refractivity contribution in [2.45, 2.75) is 13.0 Å². The van der Waals surface area contributed by atoms with Gasteiger partial charge in [0.1, 0.15) is 12.3 Å². The summed E-state index contributed by atoms with van der Waals surface area (Å²) in [6.07, 6.45) is 3.01. The first-order chi connectivity index (χ1) is 9.58. The van der Waals surface area contributed by atoms with Gasteiger partial charge in [-0.25, -0.2) is 9.59 Å². The number of nitrogens with one attached hydrogen (secondary N) is 1. The van der Waals surface area contributed by atoms with Crippen LogP contribution in [-0.4, -0.2) is 42.1 Å². The third kappa shape index (κ3) is 4.77. The van der Waals surface area contributed by atoms with Gasteiger partial charge in [-0.15, -0.1) is 0 Å². The Morgan fingerprint density at radius 3 is 2.90 bits per heavy atom. The fourth-order valence-corrected chi connectivity index (χ4v) is 1.61. The molecular formula is C13H18N2O5. The topological polar surface area (TPSA) is 89.8 Å². The number of hydrogen-bond acceptors (Lipinski definition) is 4. The van der Waals surface area contributed by atoms with Crippen LogP contribution in [0.3, 0.4) is 0 Å². The van der Waals surface area contributed by atoms with Crippen LogP contribution in [0.5, 0.6) is 0 Å². The molecule has 0 radical (unpaired) electrons. The minimum Gasteiger partial charge on any atom is -0.477 e. The van der Waals surface area contributed by atoms with Gasteiger partial charge in [0.05, 0.1) is 5.69 Å². The normalized spacial score (nSPS) is 10.1. The van der Waals surface area contributed by atoms with E-state index in [0.29, 0.717) is 25.3 Å². The standard InChI is InChI=1S/C13H18N2O5/c1-3-6-20-13(18)14-10-8-11(12(16)17)15(9-10)5-4-7-19-2/h3,8-9H,1,4-7H2,2H3,(H,14,18)(H,16,17). The van der Waals surface area contributed by atoms with Crippen molar-refractivity contribution in [3.05, 3.63) is 30.6 Å². The third-order valence-corrected chi connectivity index (χ3v) is 2.44. The van der Waals surface area contributed by atoms with Gasteiger partial charge in [-0.1, -0.05) is 12.7 Å². The molecule has 0 aliphatic rings. The zero-order chi connectivity index (χ0) is 15.0. The molecule has 0 bridgehead atoms. The monoisotopic (exact) mass is 282 g/mol. The maximum absolute atomic E-state index is 11.4. The van der Waals surface area contributed by atoms with Crippen molar-refractivity contribution in [1.29, 1.82) is 0 Å². The molecule has 0 fully saturated rings. The number of aromatic carboxylic acids is 1. The molecule has 7 nitrogen and oxygen atoms in total. The molecule has 1 aromatic heterocycles. The number of anilines is 1. The van der Waals surface area contributed by atoms with Gasteiger partial charge in [0, 0.05) is 26.5 Å². The first-order valence-corrected chi connectivity index (χ1v) is 6.05. The van der Waals surface area contributed by atoms with Gasteiger partial charge in [0.25, 0.3) is 0 Å². The molecule has 20 heavy (non-hydrogen) atoms. The number of rotatable bonds is 8. The SMILES string of the molecule is C=CCOC(=O)Nc1cc(C(=O)O)n(CCCOC)c1. The summed E-state index contributed by atoms with van der Waals surface area (Å²) in [5, 5.41) is 11.6. The summed E-state index contributed by atoms with van der Waals surface area (Å²) in [5.41, 5.74) is 0.467. The molecule has 1 amide bonds. The van der Waals surface area contributed by atoms with E-state index in [9.17, 15) is 9.59 Å². The molecule has 1 rings (SSSR count). The molecule has 0 saturated heterocycles. The number of aromatic nitrogens is 1. The van der Waals surface area contributed by atoms with E-state index in [4.69, 9.17) is 14.6 Å². The predicted octanol–water partition coefficient (Wildman–Crippen LogP) is 1.96. The Balaban J connectivity index is 2.72. The second-order valence-corrected chi connectivity index (χ2v) is 3.97. The molecule has 0 aromatic carbocycles. The number of ether oxygens (including phenoxy) is 2. The first kappa shape index (κ1) is 15.8. The summed E-state index contributed by atoms with van der Waals surface area (Å²) >= 11 is 0. The van der Waals surface area contributed by atoms with Crippen LogP contribution in [0.15, 0.2) is 24.9 Å². The van der Waals surface area contributed by atoms with Gasteiger partial charge in [-0.3, -0.25) is 5.32 Å². The number of hydrogen-bond donors (Lipinski definition) is 2. The summed E-state index contributed by atoms with van der Waals surface area (Å²) < 4.78 is 11.2. The van der Waals surface area contributed by atoms with E-state index >= 15 is 0 Å². The molecule has 1 aromatic rings. The highest BCUT2D eigenvalue weighted by Crippen LogP contribution is 2.15. The van der Waals surface area contributed by atoms with E-state index in [0.717, 1.165) is 0 Å². The summed E-state index contributed by atoms with van der Waals surface area (Å²) in [7, 11) is 1.58. The molecule has 0 atom stereocenters. The van der Waals surface area contributed by atoms with Crippen LogP contribution in [-0.2, 0) is 16.0 Å². The second kappa shape index (κ2) is 8.00. The molecule has 2 N–H and O–H groups in total. The van der Waals surface area contributed by atoms with E-state index in [1.165, 1.54) is 12.1 Å². The lowest BCUT2D eigenvalue weighted by Crippen LogP contribution is -2.13. The Morgan fingerprint density at radius 1 is 1.55 bits per heavy atom. The van der Waals surface area contributed by atoms with Crippen molar-refractivity contribution in [3.63, 3.8) is 0 Å². The quantitative estimate of drug-likeness (QED) is 0.562. The van der Waals surface area contributed by atoms with E-state index in [-0.39, 0.29) is 12.3 Å². The molecule has 110 valence electrons. The number of carbonyl (C=O) groups excluding carboxylic acids is 1. The Labute approximate surface area is 116 Å². The van der Waals surface area contributed by atoms with E-state index < -0.39 is 12.1 Å². The minimum atomic E-state index is -1.06. The third-order valence-electron chi connectivity index (χ3n) is 2.44. The number of carboxylic acids is 1. The highest BCUT2D eigenvalue weighted by atomic mass is 16.5. The molecular weight excluding hydrogens is 264 g/mol. The van der Waals surface area contributed by atoms with Crippen molar-refractivity contribution in [3.8, 4) is 0 Å². The Hall–Kier alpha value is -2.28. The van der Waals surface area contributed by atoms with Crippen molar-refractivity contribution in [2.75, 3.05) is 25.6 Å². The van der Waals surface area contributed by atoms with E-state index in [1.54, 1.807) is 17.9 Å². The van der Waals surface area contributed by atoms with Crippen LogP contribution in [0.1, 0.15) is 16.9 Å². The lowest BCUT2D eigenvalue weighted by atomic mass is 10.4. The van der Waals surface area contributed by atoms with Crippen LogP contribution in [0.2, 0.25) is 0 Å². The fraction of sp³-hybridized carbons (Fsp3) is 0.385. The van der Waals surface area contributed by atoms with E-state index in [1.807, 2.05) is 0 Å². The van der Waals surface area contributed by atoms with Gasteiger partial charge in [-0.05, 0) is 12.5 Å². The Morgan fingerprint density at radius 2 is 2.30 bits per heavy atom. The van der Waals surface area contributed by atoms with Gasteiger partial charge >= 0.3 is 12.1 Å². The largest absolute Gasteiger partial charge is 0.477 e. The van der Waals surface area contributed by atoms with Crippen LogP contribution in [0.4, 0.5) is 10.5 Å². The molecule has 7 heteroatoms. The molecule has 0 spiro atoms. The number of nitrogens with zero attached hydrogens (tertiary/aromatic N) is 1. The van der Waals surface area contributed by atoms with Crippen molar-refractivity contribution >= 4 is 17.7 Å². The van der Waals surface area contributed by atoms with Crippen LogP contribution >= 0.6 is 0 Å². The lowest BCUT2D eigenvalue weighted by molar-refractivity contribution is 0.0684. The number of amides is 1. The zero-order valence-electron chi connectivity index (χ0n) is 11.3. The van der Waals surface area contributed by atoms with Crippen LogP contribution in [0, 0.1) is 0 Å². The Kier molecular flexibility index (Phi) is 6.31. The lowest BCUT2D eigenvalue weighted by Gasteiger charge is -2.05. The fourth-order valence-electron chi connectivity index (χ4n) is 1.61. The number of carbonyl (C=O) groups is 2. The average molecular weight is 282 g/mol. The maximum atomic E-state index is 11.4. The van der Waals surface area contributed by atoms with Crippen molar-refractivity contribution in [1.82, 2.24) is 4.57 Å². The summed E-state index contributed by atoms with van der Waals surface area (Å²) in [6.45, 7) is 4.53. The number of methoxy groups -OCH3 is 1. The van der Waals surface area contributed by atoms with Crippen molar-refractivity contribution in [2.24, 2.45) is 0 Å². The average Bonchev–Trinajstić information content (AvgIpc) is 2.80. The van der Waals surface area contributed by atoms with Crippen LogP contribution < -0.4 is 5.32 Å². The highest BCUT2D eigenvalue weighted by Gasteiger charge is 2.14. The molecule has 0 aliphatic carbocycles. The van der Waals surface area contributed by atoms with Crippen LogP contribution in [0.25, 0.3) is 0 Å². The predicted molar refractivity (Wildman–Crippen MR) is 73.1 cm³/mol. The summed E-state index contributed by atoms with van der Waals surface area (Å²) in [5.74, 6) is -1.06. The molecule has 1 heterocycles. The second-order valence-electron chi connectivity index (χ2n) is 3.97. The molecule has 0 unspecified atom stereocenters. The maximum Gasteiger partial charge on any atom is 0.411 e. The number of aryl methyl sites for hydroxylation is 1. The molecule has 0 saturated carbocycles. The zero-order valence-corrected chi connectivity index (χ0v) is 11.3. The molecule has 0 aliphatic heterocycles. The van der Waals surface area contributed by atoms with Gasteiger partial charge in [0.2, 0.25) is 0 Å². The Bertz CT molecular complexity index is 481. The van der Waals surface area contributed by atoms with Gasteiger partial charge < -0.3 is 19.1 Å².